The molecule has 0 saturated carbocycles. The number of carbonyl (C=O) groups is 2. The summed E-state index contributed by atoms with van der Waals surface area (Å²) in [6, 6.07) is 3.74. The van der Waals surface area contributed by atoms with Gasteiger partial charge in [-0.3, -0.25) is 10.1 Å². The number of nitrogens with zero attached hydrogens (tertiary/aromatic N) is 2. The van der Waals surface area contributed by atoms with Crippen LogP contribution in [0.2, 0.25) is 0 Å². The maximum atomic E-state index is 12.5. The molecule has 1 heterocycles. The predicted molar refractivity (Wildman–Crippen MR) is 126 cm³/mol. The van der Waals surface area contributed by atoms with E-state index in [-0.39, 0.29) is 49.2 Å². The number of urea groups is 1. The molecule has 0 atom stereocenters. The summed E-state index contributed by atoms with van der Waals surface area (Å²) in [5, 5.41) is 9.67. The van der Waals surface area contributed by atoms with Gasteiger partial charge >= 0.3 is 18.6 Å². The SMILES string of the molecule is CCCCn1cc(NC(=O)Nc2ccc(OC(F)(F)F)cc2)nc1C(=O)NCCCNCC(F)(F)F.Cl. The summed E-state index contributed by atoms with van der Waals surface area (Å²) in [7, 11) is 0. The van der Waals surface area contributed by atoms with E-state index in [4.69, 9.17) is 0 Å². The van der Waals surface area contributed by atoms with Crippen LogP contribution in [0.4, 0.5) is 42.6 Å². The van der Waals surface area contributed by atoms with Crippen LogP contribution in [0.1, 0.15) is 36.8 Å². The van der Waals surface area contributed by atoms with Crippen LogP contribution in [0.25, 0.3) is 0 Å². The van der Waals surface area contributed by atoms with Gasteiger partial charge < -0.3 is 25.3 Å². The standard InChI is InChI=1S/C21H26F6N6O3.ClH/c1-2-3-11-33-12-16(31-17(33)18(34)29-10-4-9-28-13-20(22,23)24)32-19(35)30-14-5-7-15(8-6-14)36-21(25,26)27;/h5-8,12,28H,2-4,9-11,13H2,1H3,(H,29,34)(H2,30,32,35);1H. The van der Waals surface area contributed by atoms with Gasteiger partial charge in [-0.25, -0.2) is 9.78 Å². The summed E-state index contributed by atoms with van der Waals surface area (Å²) in [5.41, 5.74) is 0.185. The van der Waals surface area contributed by atoms with Crippen LogP contribution in [-0.2, 0) is 6.54 Å². The molecule has 16 heteroatoms. The third-order valence-corrected chi connectivity index (χ3v) is 4.46. The summed E-state index contributed by atoms with van der Waals surface area (Å²) in [6.45, 7) is 1.43. The van der Waals surface area contributed by atoms with Gasteiger partial charge in [0.25, 0.3) is 5.91 Å². The van der Waals surface area contributed by atoms with Gasteiger partial charge in [0, 0.05) is 25.0 Å². The van der Waals surface area contributed by atoms with Crippen molar-refractivity contribution in [1.82, 2.24) is 20.2 Å². The largest absolute Gasteiger partial charge is 0.573 e. The number of anilines is 2. The zero-order valence-electron chi connectivity index (χ0n) is 19.6. The first kappa shape index (κ1) is 31.8. The average molecular weight is 561 g/mol. The molecule has 0 aliphatic rings. The maximum Gasteiger partial charge on any atom is 0.573 e. The van der Waals surface area contributed by atoms with Crippen molar-refractivity contribution in [2.45, 2.75) is 45.3 Å². The second-order valence-electron chi connectivity index (χ2n) is 7.55. The summed E-state index contributed by atoms with van der Waals surface area (Å²) < 4.78 is 78.4. The number of imidazole rings is 1. The lowest BCUT2D eigenvalue weighted by Crippen LogP contribution is -2.32. The Kier molecular flexibility index (Phi) is 12.5. The van der Waals surface area contributed by atoms with Crippen molar-refractivity contribution in [2.24, 2.45) is 0 Å². The van der Waals surface area contributed by atoms with Crippen molar-refractivity contribution in [1.29, 1.82) is 0 Å². The predicted octanol–water partition coefficient (Wildman–Crippen LogP) is 4.92. The Bertz CT molecular complexity index is 998. The molecule has 2 aromatic rings. The molecule has 0 unspecified atom stereocenters. The van der Waals surface area contributed by atoms with Gasteiger partial charge in [0.2, 0.25) is 5.82 Å². The first-order chi connectivity index (χ1) is 16.9. The Morgan fingerprint density at radius 2 is 1.68 bits per heavy atom. The number of unbranched alkanes of at least 4 members (excludes halogenated alkanes) is 1. The number of aromatic nitrogens is 2. The Morgan fingerprint density at radius 3 is 2.27 bits per heavy atom. The molecule has 1 aromatic heterocycles. The van der Waals surface area contributed by atoms with Crippen LogP contribution < -0.4 is 26.0 Å². The Hall–Kier alpha value is -3.20. The highest BCUT2D eigenvalue weighted by Gasteiger charge is 2.31. The number of halogens is 7. The van der Waals surface area contributed by atoms with Crippen LogP contribution in [0.3, 0.4) is 0 Å². The first-order valence-electron chi connectivity index (χ1n) is 10.9. The Labute approximate surface area is 214 Å². The van der Waals surface area contributed by atoms with Crippen molar-refractivity contribution in [3.63, 3.8) is 0 Å². The minimum atomic E-state index is -4.84. The average Bonchev–Trinajstić information content (AvgIpc) is 3.16. The number of carbonyl (C=O) groups excluding carboxylic acids is 2. The lowest BCUT2D eigenvalue weighted by atomic mass is 10.3. The van der Waals surface area contributed by atoms with E-state index in [1.165, 1.54) is 18.3 Å². The van der Waals surface area contributed by atoms with Gasteiger partial charge in [0.1, 0.15) is 5.75 Å². The van der Waals surface area contributed by atoms with Crippen LogP contribution in [0.5, 0.6) is 5.75 Å². The number of ether oxygens (including phenoxy) is 1. The van der Waals surface area contributed by atoms with Gasteiger partial charge in [-0.2, -0.15) is 13.2 Å². The molecule has 0 radical (unpaired) electrons. The van der Waals surface area contributed by atoms with E-state index in [1.54, 1.807) is 4.57 Å². The van der Waals surface area contributed by atoms with Crippen molar-refractivity contribution < 1.29 is 40.7 Å². The quantitative estimate of drug-likeness (QED) is 0.218. The van der Waals surface area contributed by atoms with E-state index >= 15 is 0 Å². The second kappa shape index (κ2) is 14.5. The highest BCUT2D eigenvalue weighted by Crippen LogP contribution is 2.24. The smallest absolute Gasteiger partial charge is 0.406 e. The third-order valence-electron chi connectivity index (χ3n) is 4.46. The molecule has 4 N–H and O–H groups in total. The highest BCUT2D eigenvalue weighted by atomic mass is 35.5. The number of amides is 3. The lowest BCUT2D eigenvalue weighted by Gasteiger charge is -2.10. The zero-order chi connectivity index (χ0) is 26.8. The summed E-state index contributed by atoms with van der Waals surface area (Å²) in [6.07, 6.45) is -5.89. The van der Waals surface area contributed by atoms with Crippen LogP contribution in [0, 0.1) is 0 Å². The summed E-state index contributed by atoms with van der Waals surface area (Å²) >= 11 is 0. The van der Waals surface area contributed by atoms with E-state index in [9.17, 15) is 35.9 Å². The number of nitrogens with one attached hydrogen (secondary N) is 4. The van der Waals surface area contributed by atoms with E-state index in [0.717, 1.165) is 25.0 Å². The van der Waals surface area contributed by atoms with Crippen molar-refractivity contribution >= 4 is 35.9 Å². The molecule has 9 nitrogen and oxygen atoms in total. The molecule has 0 aliphatic heterocycles. The fraction of sp³-hybridized carbons (Fsp3) is 0.476. The number of aryl methyl sites for hydroxylation is 1. The van der Waals surface area contributed by atoms with Gasteiger partial charge in [-0.1, -0.05) is 13.3 Å². The van der Waals surface area contributed by atoms with Crippen LogP contribution in [-0.4, -0.2) is 53.7 Å². The van der Waals surface area contributed by atoms with Gasteiger partial charge in [-0.05, 0) is 43.7 Å². The number of hydrogen-bond acceptors (Lipinski definition) is 5. The fourth-order valence-electron chi connectivity index (χ4n) is 2.90. The zero-order valence-corrected chi connectivity index (χ0v) is 20.4. The van der Waals surface area contributed by atoms with Gasteiger partial charge in [-0.15, -0.1) is 25.6 Å². The topological polar surface area (TPSA) is 109 Å². The third kappa shape index (κ3) is 12.5. The molecule has 3 amide bonds. The summed E-state index contributed by atoms with van der Waals surface area (Å²) in [4.78, 5) is 28.9. The monoisotopic (exact) mass is 560 g/mol. The first-order valence-corrected chi connectivity index (χ1v) is 10.9. The van der Waals surface area contributed by atoms with Crippen molar-refractivity contribution in [2.75, 3.05) is 30.3 Å². The molecule has 0 bridgehead atoms. The molecular formula is C21H27ClF6N6O3. The minimum absolute atomic E-state index is 0. The molecule has 0 saturated heterocycles. The highest BCUT2D eigenvalue weighted by molar-refractivity contribution is 5.99. The lowest BCUT2D eigenvalue weighted by molar-refractivity contribution is -0.274. The number of rotatable bonds is 12. The van der Waals surface area contributed by atoms with E-state index in [0.29, 0.717) is 6.54 Å². The van der Waals surface area contributed by atoms with Crippen molar-refractivity contribution in [3.8, 4) is 5.75 Å². The van der Waals surface area contributed by atoms with Gasteiger partial charge in [0.15, 0.2) is 5.82 Å². The normalized spacial score (nSPS) is 11.4. The van der Waals surface area contributed by atoms with Gasteiger partial charge in [0.05, 0.1) is 6.54 Å². The summed E-state index contributed by atoms with van der Waals surface area (Å²) in [5.74, 6) is -0.946. The van der Waals surface area contributed by atoms with E-state index in [1.807, 2.05) is 6.92 Å². The number of alkyl halides is 6. The molecule has 2 rings (SSSR count). The molecular weight excluding hydrogens is 534 g/mol. The maximum absolute atomic E-state index is 12.5. The van der Waals surface area contributed by atoms with Crippen LogP contribution >= 0.6 is 12.4 Å². The Morgan fingerprint density at radius 1 is 1.00 bits per heavy atom. The molecule has 0 aliphatic carbocycles. The van der Waals surface area contributed by atoms with E-state index < -0.39 is 36.8 Å². The van der Waals surface area contributed by atoms with E-state index in [2.05, 4.69) is 31.0 Å². The molecule has 1 aromatic carbocycles. The molecule has 208 valence electrons. The number of benzene rings is 1. The molecule has 37 heavy (non-hydrogen) atoms. The minimum Gasteiger partial charge on any atom is -0.406 e. The Balaban J connectivity index is 0.00000684. The molecule has 0 spiro atoms. The second-order valence-corrected chi connectivity index (χ2v) is 7.55. The fourth-order valence-corrected chi connectivity index (χ4v) is 2.90. The van der Waals surface area contributed by atoms with Crippen molar-refractivity contribution in [3.05, 3.63) is 36.3 Å². The molecule has 0 fully saturated rings. The number of hydrogen-bond donors (Lipinski definition) is 4. The van der Waals surface area contributed by atoms with Crippen LogP contribution in [0.15, 0.2) is 30.5 Å².